The van der Waals surface area contributed by atoms with Crippen molar-refractivity contribution in [2.75, 3.05) is 20.3 Å². The van der Waals surface area contributed by atoms with Crippen molar-refractivity contribution in [2.45, 2.75) is 24.7 Å². The molecule has 0 atom stereocenters. The lowest BCUT2D eigenvalue weighted by Crippen LogP contribution is -2.27. The van der Waals surface area contributed by atoms with Crippen molar-refractivity contribution in [3.8, 4) is 0 Å². The number of benzene rings is 1. The summed E-state index contributed by atoms with van der Waals surface area (Å²) in [7, 11) is -1.87. The van der Waals surface area contributed by atoms with Gasteiger partial charge < -0.3 is 4.74 Å². The molecule has 5 heteroatoms. The molecule has 0 saturated carbocycles. The van der Waals surface area contributed by atoms with Crippen LogP contribution in [-0.4, -0.2) is 28.7 Å². The fourth-order valence-electron chi connectivity index (χ4n) is 1.39. The first-order chi connectivity index (χ1) is 7.97. The molecular formula is C12H19NO3S. The molecule has 0 amide bonds. The fourth-order valence-corrected chi connectivity index (χ4v) is 2.41. The molecule has 0 aliphatic rings. The fraction of sp³-hybridized carbons (Fsp3) is 0.500. The van der Waals surface area contributed by atoms with E-state index in [0.717, 1.165) is 5.56 Å². The third-order valence-electron chi connectivity index (χ3n) is 2.46. The second kappa shape index (κ2) is 6.14. The zero-order chi connectivity index (χ0) is 12.9. The van der Waals surface area contributed by atoms with Crippen LogP contribution in [0.1, 0.15) is 25.3 Å². The summed E-state index contributed by atoms with van der Waals surface area (Å²) in [5.74, 6) is 0.396. The molecule has 0 aliphatic carbocycles. The monoisotopic (exact) mass is 257 g/mol. The van der Waals surface area contributed by atoms with E-state index in [2.05, 4.69) is 18.6 Å². The minimum absolute atomic E-state index is 0.283. The van der Waals surface area contributed by atoms with Crippen molar-refractivity contribution < 1.29 is 13.2 Å². The molecule has 0 bridgehead atoms. The van der Waals surface area contributed by atoms with Crippen LogP contribution in [0.3, 0.4) is 0 Å². The van der Waals surface area contributed by atoms with Gasteiger partial charge in [-0.2, -0.15) is 0 Å². The molecule has 4 nitrogen and oxygen atoms in total. The Hall–Kier alpha value is -0.910. The molecule has 0 aliphatic heterocycles. The minimum Gasteiger partial charge on any atom is -0.383 e. The van der Waals surface area contributed by atoms with Crippen LogP contribution in [0.25, 0.3) is 0 Å². The summed E-state index contributed by atoms with van der Waals surface area (Å²) in [6.45, 7) is 4.79. The Labute approximate surface area is 103 Å². The summed E-state index contributed by atoms with van der Waals surface area (Å²) in [5, 5.41) is 0. The van der Waals surface area contributed by atoms with Crippen molar-refractivity contribution in [1.82, 2.24) is 4.72 Å². The number of hydrogen-bond acceptors (Lipinski definition) is 3. The van der Waals surface area contributed by atoms with Crippen molar-refractivity contribution in [3.63, 3.8) is 0 Å². The van der Waals surface area contributed by atoms with E-state index in [1.54, 1.807) is 12.1 Å². The second-order valence-electron chi connectivity index (χ2n) is 4.11. The summed E-state index contributed by atoms with van der Waals surface area (Å²) in [5.41, 5.74) is 1.13. The largest absolute Gasteiger partial charge is 0.383 e. The van der Waals surface area contributed by atoms with E-state index < -0.39 is 10.0 Å². The molecule has 1 aromatic rings. The Kier molecular flexibility index (Phi) is 5.11. The highest BCUT2D eigenvalue weighted by molar-refractivity contribution is 7.89. The number of ether oxygens (including phenoxy) is 1. The standard InChI is InChI=1S/C12H19NO3S/c1-10(2)11-4-6-12(7-5-11)17(14,15)13-8-9-16-3/h4-7,10,13H,8-9H2,1-3H3. The first-order valence-corrected chi connectivity index (χ1v) is 7.04. The van der Waals surface area contributed by atoms with Gasteiger partial charge in [0, 0.05) is 13.7 Å². The van der Waals surface area contributed by atoms with Gasteiger partial charge in [-0.25, -0.2) is 13.1 Å². The summed E-state index contributed by atoms with van der Waals surface area (Å²) < 4.78 is 30.9. The Balaban J connectivity index is 2.78. The quantitative estimate of drug-likeness (QED) is 0.790. The van der Waals surface area contributed by atoms with Gasteiger partial charge in [0.15, 0.2) is 0 Å². The van der Waals surface area contributed by atoms with E-state index >= 15 is 0 Å². The predicted molar refractivity (Wildman–Crippen MR) is 67.6 cm³/mol. The van der Waals surface area contributed by atoms with Crippen LogP contribution in [-0.2, 0) is 14.8 Å². The molecule has 17 heavy (non-hydrogen) atoms. The molecule has 0 saturated heterocycles. The van der Waals surface area contributed by atoms with Gasteiger partial charge in [0.05, 0.1) is 11.5 Å². The Morgan fingerprint density at radius 3 is 2.29 bits per heavy atom. The van der Waals surface area contributed by atoms with E-state index in [1.807, 2.05) is 12.1 Å². The molecular weight excluding hydrogens is 238 g/mol. The molecule has 0 unspecified atom stereocenters. The van der Waals surface area contributed by atoms with Crippen LogP contribution >= 0.6 is 0 Å². The molecule has 1 N–H and O–H groups in total. The second-order valence-corrected chi connectivity index (χ2v) is 5.88. The lowest BCUT2D eigenvalue weighted by atomic mass is 10.0. The van der Waals surface area contributed by atoms with Gasteiger partial charge in [0.1, 0.15) is 0 Å². The number of methoxy groups -OCH3 is 1. The Morgan fingerprint density at radius 1 is 1.24 bits per heavy atom. The SMILES string of the molecule is COCCNS(=O)(=O)c1ccc(C(C)C)cc1. The summed E-state index contributed by atoms with van der Waals surface area (Å²) >= 11 is 0. The molecule has 0 radical (unpaired) electrons. The molecule has 0 heterocycles. The van der Waals surface area contributed by atoms with E-state index in [-0.39, 0.29) is 11.4 Å². The lowest BCUT2D eigenvalue weighted by Gasteiger charge is -2.08. The van der Waals surface area contributed by atoms with Gasteiger partial charge in [-0.05, 0) is 23.6 Å². The van der Waals surface area contributed by atoms with E-state index in [9.17, 15) is 8.42 Å². The number of nitrogens with one attached hydrogen (secondary N) is 1. The smallest absolute Gasteiger partial charge is 0.240 e. The van der Waals surface area contributed by atoms with Gasteiger partial charge in [0.25, 0.3) is 0 Å². The predicted octanol–water partition coefficient (Wildman–Crippen LogP) is 1.73. The van der Waals surface area contributed by atoms with E-state index in [4.69, 9.17) is 4.74 Å². The maximum absolute atomic E-state index is 11.8. The average Bonchev–Trinajstić information content (AvgIpc) is 2.29. The third-order valence-corrected chi connectivity index (χ3v) is 3.93. The van der Waals surface area contributed by atoms with Gasteiger partial charge in [-0.15, -0.1) is 0 Å². The third kappa shape index (κ3) is 4.11. The molecule has 96 valence electrons. The molecule has 0 spiro atoms. The van der Waals surface area contributed by atoms with Crippen LogP contribution in [0, 0.1) is 0 Å². The topological polar surface area (TPSA) is 55.4 Å². The van der Waals surface area contributed by atoms with Crippen molar-refractivity contribution in [3.05, 3.63) is 29.8 Å². The van der Waals surface area contributed by atoms with E-state index in [1.165, 1.54) is 7.11 Å². The Morgan fingerprint density at radius 2 is 1.82 bits per heavy atom. The van der Waals surface area contributed by atoms with Crippen LogP contribution in [0.15, 0.2) is 29.2 Å². The highest BCUT2D eigenvalue weighted by atomic mass is 32.2. The normalized spacial score (nSPS) is 12.0. The average molecular weight is 257 g/mol. The zero-order valence-corrected chi connectivity index (χ0v) is 11.3. The van der Waals surface area contributed by atoms with Gasteiger partial charge in [-0.3, -0.25) is 0 Å². The van der Waals surface area contributed by atoms with Crippen LogP contribution in [0.2, 0.25) is 0 Å². The number of sulfonamides is 1. The van der Waals surface area contributed by atoms with Gasteiger partial charge in [-0.1, -0.05) is 26.0 Å². The summed E-state index contributed by atoms with van der Waals surface area (Å²) in [4.78, 5) is 0.290. The zero-order valence-electron chi connectivity index (χ0n) is 10.4. The minimum atomic E-state index is -3.40. The van der Waals surface area contributed by atoms with E-state index in [0.29, 0.717) is 12.5 Å². The molecule has 1 rings (SSSR count). The number of hydrogen-bond donors (Lipinski definition) is 1. The lowest BCUT2D eigenvalue weighted by molar-refractivity contribution is 0.204. The Bertz CT molecular complexity index is 437. The van der Waals surface area contributed by atoms with Gasteiger partial charge in [0.2, 0.25) is 10.0 Å². The highest BCUT2D eigenvalue weighted by Crippen LogP contribution is 2.16. The van der Waals surface area contributed by atoms with Crippen LogP contribution < -0.4 is 4.72 Å². The first-order valence-electron chi connectivity index (χ1n) is 5.56. The highest BCUT2D eigenvalue weighted by Gasteiger charge is 2.13. The van der Waals surface area contributed by atoms with Crippen molar-refractivity contribution >= 4 is 10.0 Å². The molecule has 0 aromatic heterocycles. The summed E-state index contributed by atoms with van der Waals surface area (Å²) in [6.07, 6.45) is 0. The van der Waals surface area contributed by atoms with Crippen LogP contribution in [0.5, 0.6) is 0 Å². The molecule has 1 aromatic carbocycles. The van der Waals surface area contributed by atoms with Gasteiger partial charge >= 0.3 is 0 Å². The summed E-state index contributed by atoms with van der Waals surface area (Å²) in [6, 6.07) is 6.94. The maximum atomic E-state index is 11.8. The maximum Gasteiger partial charge on any atom is 0.240 e. The van der Waals surface area contributed by atoms with Crippen LogP contribution in [0.4, 0.5) is 0 Å². The number of rotatable bonds is 6. The molecule has 0 fully saturated rings. The van der Waals surface area contributed by atoms with Crippen molar-refractivity contribution in [1.29, 1.82) is 0 Å². The van der Waals surface area contributed by atoms with Crippen molar-refractivity contribution in [2.24, 2.45) is 0 Å². The first kappa shape index (κ1) is 14.2.